The summed E-state index contributed by atoms with van der Waals surface area (Å²) in [6.45, 7) is 16.1. The fourth-order valence-electron chi connectivity index (χ4n) is 2.09. The van der Waals surface area contributed by atoms with Gasteiger partial charge in [-0.15, -0.1) is 11.3 Å². The lowest BCUT2D eigenvalue weighted by molar-refractivity contribution is 0.00578. The molecular weight excluding hydrogens is 329 g/mol. The van der Waals surface area contributed by atoms with Crippen molar-refractivity contribution in [2.45, 2.75) is 77.4 Å². The van der Waals surface area contributed by atoms with E-state index in [1.807, 2.05) is 27.7 Å². The molecule has 0 aromatic carbocycles. The van der Waals surface area contributed by atoms with E-state index in [1.54, 1.807) is 11.3 Å². The molecule has 23 heavy (non-hydrogen) atoms. The third kappa shape index (κ3) is 4.07. The zero-order valence-electron chi connectivity index (χ0n) is 15.4. The lowest BCUT2D eigenvalue weighted by atomic mass is 9.81. The van der Waals surface area contributed by atoms with E-state index in [1.165, 1.54) is 0 Å². The SMILES string of the molecule is C[C@H](NS(=O)C(C)(C)C)c1cc(B2OC(C)(C)C(C)(C)O2)cs1. The van der Waals surface area contributed by atoms with Gasteiger partial charge in [-0.3, -0.25) is 0 Å². The van der Waals surface area contributed by atoms with Crippen molar-refractivity contribution in [1.29, 1.82) is 0 Å². The Morgan fingerprint density at radius 3 is 2.22 bits per heavy atom. The van der Waals surface area contributed by atoms with Crippen molar-refractivity contribution in [1.82, 2.24) is 4.72 Å². The van der Waals surface area contributed by atoms with Gasteiger partial charge in [-0.25, -0.2) is 8.93 Å². The van der Waals surface area contributed by atoms with Crippen molar-refractivity contribution in [3.63, 3.8) is 0 Å². The average molecular weight is 357 g/mol. The Morgan fingerprint density at radius 1 is 1.22 bits per heavy atom. The predicted molar refractivity (Wildman–Crippen MR) is 99.5 cm³/mol. The third-order valence-corrected chi connectivity index (χ3v) is 7.25. The van der Waals surface area contributed by atoms with E-state index < -0.39 is 11.0 Å². The normalized spacial score (nSPS) is 23.0. The quantitative estimate of drug-likeness (QED) is 0.842. The van der Waals surface area contributed by atoms with Gasteiger partial charge in [0.2, 0.25) is 0 Å². The average Bonchev–Trinajstić information content (AvgIpc) is 2.92. The second kappa shape index (κ2) is 6.26. The summed E-state index contributed by atoms with van der Waals surface area (Å²) in [6, 6.07) is 2.11. The number of rotatable bonds is 4. The first-order valence-corrected chi connectivity index (χ1v) is 9.98. The summed E-state index contributed by atoms with van der Waals surface area (Å²) in [5.41, 5.74) is 0.355. The van der Waals surface area contributed by atoms with Gasteiger partial charge in [0, 0.05) is 4.88 Å². The van der Waals surface area contributed by atoms with Crippen LogP contribution in [-0.2, 0) is 20.3 Å². The Morgan fingerprint density at radius 2 is 1.74 bits per heavy atom. The summed E-state index contributed by atoms with van der Waals surface area (Å²) >= 11 is 1.64. The molecule has 1 aliphatic rings. The largest absolute Gasteiger partial charge is 0.495 e. The maximum absolute atomic E-state index is 12.2. The molecule has 2 atom stereocenters. The summed E-state index contributed by atoms with van der Waals surface area (Å²) < 4.78 is 27.3. The summed E-state index contributed by atoms with van der Waals surface area (Å²) in [7, 11) is -1.43. The molecular formula is C16H28BNO3S2. The first-order valence-electron chi connectivity index (χ1n) is 7.95. The highest BCUT2D eigenvalue weighted by atomic mass is 32.2. The van der Waals surface area contributed by atoms with E-state index >= 15 is 0 Å². The molecule has 4 nitrogen and oxygen atoms in total. The van der Waals surface area contributed by atoms with Gasteiger partial charge in [-0.1, -0.05) is 0 Å². The van der Waals surface area contributed by atoms with Crippen molar-refractivity contribution in [3.8, 4) is 0 Å². The fraction of sp³-hybridized carbons (Fsp3) is 0.750. The standard InChI is InChI=1S/C16H28BNO3S2/c1-11(18-23(19)14(2,3)4)13-9-12(10-22-13)17-20-15(5,6)16(7,8)21-17/h9-11,18H,1-8H3/t11-,23?/m0/s1. The zero-order chi connectivity index (χ0) is 17.6. The van der Waals surface area contributed by atoms with Crippen LogP contribution in [0, 0.1) is 0 Å². The molecule has 2 heterocycles. The van der Waals surface area contributed by atoms with Gasteiger partial charge in [-0.05, 0) is 72.3 Å². The number of thiophene rings is 1. The van der Waals surface area contributed by atoms with E-state index in [2.05, 4.69) is 43.9 Å². The van der Waals surface area contributed by atoms with E-state index in [0.717, 1.165) is 10.3 Å². The van der Waals surface area contributed by atoms with Gasteiger partial charge >= 0.3 is 7.12 Å². The minimum Gasteiger partial charge on any atom is -0.399 e. The number of hydrogen-bond acceptors (Lipinski definition) is 4. The van der Waals surface area contributed by atoms with Crippen LogP contribution in [0.4, 0.5) is 0 Å². The van der Waals surface area contributed by atoms with Crippen LogP contribution in [-0.4, -0.2) is 27.3 Å². The molecule has 0 radical (unpaired) electrons. The van der Waals surface area contributed by atoms with Crippen LogP contribution >= 0.6 is 11.3 Å². The number of hydrogen-bond donors (Lipinski definition) is 1. The van der Waals surface area contributed by atoms with Gasteiger partial charge in [0.25, 0.3) is 0 Å². The van der Waals surface area contributed by atoms with Crippen molar-refractivity contribution in [2.75, 3.05) is 0 Å². The molecule has 0 amide bonds. The Balaban J connectivity index is 2.09. The van der Waals surface area contributed by atoms with Crippen molar-refractivity contribution >= 4 is 34.9 Å². The van der Waals surface area contributed by atoms with Crippen LogP contribution in [0.3, 0.4) is 0 Å². The van der Waals surface area contributed by atoms with Crippen LogP contribution < -0.4 is 10.2 Å². The van der Waals surface area contributed by atoms with Crippen LogP contribution in [0.5, 0.6) is 0 Å². The molecule has 0 aliphatic carbocycles. The molecule has 1 fully saturated rings. The molecule has 1 aromatic heterocycles. The Hall–Kier alpha value is -0.205. The fourth-order valence-corrected chi connectivity index (χ4v) is 3.89. The lowest BCUT2D eigenvalue weighted by Gasteiger charge is -2.32. The molecule has 1 N–H and O–H groups in total. The minimum absolute atomic E-state index is 0.0243. The van der Waals surface area contributed by atoms with Gasteiger partial charge in [0.1, 0.15) is 0 Å². The molecule has 0 saturated carbocycles. The van der Waals surface area contributed by atoms with Crippen molar-refractivity contribution < 1.29 is 13.5 Å². The smallest absolute Gasteiger partial charge is 0.399 e. The minimum atomic E-state index is -1.09. The van der Waals surface area contributed by atoms with Gasteiger partial charge in [0.05, 0.1) is 33.0 Å². The van der Waals surface area contributed by atoms with E-state index in [9.17, 15) is 4.21 Å². The van der Waals surface area contributed by atoms with Gasteiger partial charge < -0.3 is 9.31 Å². The van der Waals surface area contributed by atoms with Crippen LogP contribution in [0.1, 0.15) is 66.3 Å². The highest BCUT2D eigenvalue weighted by molar-refractivity contribution is 7.84. The first kappa shape index (κ1) is 19.1. The molecule has 2 rings (SSSR count). The predicted octanol–water partition coefficient (Wildman–Crippen LogP) is 3.16. The van der Waals surface area contributed by atoms with Crippen molar-refractivity contribution in [3.05, 3.63) is 16.3 Å². The van der Waals surface area contributed by atoms with Gasteiger partial charge in [-0.2, -0.15) is 0 Å². The summed E-state index contributed by atoms with van der Waals surface area (Å²) in [5, 5.41) is 2.07. The maximum atomic E-state index is 12.2. The molecule has 1 saturated heterocycles. The molecule has 130 valence electrons. The molecule has 1 aromatic rings. The Labute approximate surface area is 147 Å². The molecule has 1 aliphatic heterocycles. The lowest BCUT2D eigenvalue weighted by Crippen LogP contribution is -2.41. The highest BCUT2D eigenvalue weighted by Crippen LogP contribution is 2.37. The highest BCUT2D eigenvalue weighted by Gasteiger charge is 2.51. The topological polar surface area (TPSA) is 47.6 Å². The molecule has 0 bridgehead atoms. The molecule has 0 spiro atoms. The first-order chi connectivity index (χ1) is 10.3. The third-order valence-electron chi connectivity index (χ3n) is 4.43. The van der Waals surface area contributed by atoms with Crippen LogP contribution in [0.15, 0.2) is 11.4 Å². The van der Waals surface area contributed by atoms with E-state index in [4.69, 9.17) is 9.31 Å². The second-order valence-corrected chi connectivity index (χ2v) is 11.0. The number of nitrogens with one attached hydrogen (secondary N) is 1. The maximum Gasteiger partial charge on any atom is 0.495 e. The van der Waals surface area contributed by atoms with Crippen LogP contribution in [0.25, 0.3) is 0 Å². The summed E-state index contributed by atoms with van der Waals surface area (Å²) in [4.78, 5) is 1.13. The summed E-state index contributed by atoms with van der Waals surface area (Å²) in [5.74, 6) is 0. The van der Waals surface area contributed by atoms with E-state index in [-0.39, 0.29) is 29.1 Å². The van der Waals surface area contributed by atoms with E-state index in [0.29, 0.717) is 0 Å². The monoisotopic (exact) mass is 357 g/mol. The second-order valence-electron chi connectivity index (χ2n) is 8.09. The Kier molecular flexibility index (Phi) is 5.21. The van der Waals surface area contributed by atoms with Crippen LogP contribution in [0.2, 0.25) is 0 Å². The Bertz CT molecular complexity index is 576. The molecule has 1 unspecified atom stereocenters. The zero-order valence-corrected chi connectivity index (χ0v) is 17.0. The summed E-state index contributed by atoms with van der Waals surface area (Å²) in [6.07, 6.45) is 0. The van der Waals surface area contributed by atoms with Gasteiger partial charge in [0.15, 0.2) is 0 Å². The van der Waals surface area contributed by atoms with Crippen molar-refractivity contribution in [2.24, 2.45) is 0 Å². The molecule has 7 heteroatoms.